The lowest BCUT2D eigenvalue weighted by atomic mass is 10.1. The predicted molar refractivity (Wildman–Crippen MR) is 127 cm³/mol. The third kappa shape index (κ3) is 6.82. The van der Waals surface area contributed by atoms with Gasteiger partial charge in [0.15, 0.2) is 11.0 Å². The van der Waals surface area contributed by atoms with Crippen molar-refractivity contribution in [3.05, 3.63) is 65.5 Å². The highest BCUT2D eigenvalue weighted by atomic mass is 32.2. The van der Waals surface area contributed by atoms with Crippen LogP contribution in [-0.4, -0.2) is 50.5 Å². The molecule has 2 amide bonds. The average Bonchev–Trinajstić information content (AvgIpc) is 3.24. The first kappa shape index (κ1) is 24.8. The second-order valence-electron chi connectivity index (χ2n) is 7.17. The number of hydrogen-bond donors (Lipinski definition) is 3. The van der Waals surface area contributed by atoms with Crippen LogP contribution in [0, 0.1) is 0 Å². The third-order valence-corrected chi connectivity index (χ3v) is 5.77. The Morgan fingerprint density at radius 2 is 1.85 bits per heavy atom. The van der Waals surface area contributed by atoms with Crippen molar-refractivity contribution < 1.29 is 24.2 Å². The molecule has 0 spiro atoms. The molecule has 3 aromatic rings. The zero-order chi connectivity index (χ0) is 24.5. The van der Waals surface area contributed by atoms with Crippen LogP contribution < -0.4 is 15.4 Å². The summed E-state index contributed by atoms with van der Waals surface area (Å²) in [7, 11) is 1.59. The van der Waals surface area contributed by atoms with Gasteiger partial charge in [-0.05, 0) is 42.8 Å². The lowest BCUT2D eigenvalue weighted by Crippen LogP contribution is -2.26. The number of carbonyl (C=O) groups is 3. The lowest BCUT2D eigenvalue weighted by molar-refractivity contribution is -0.120. The number of ether oxygens (including phenoxy) is 1. The number of anilines is 1. The molecule has 1 heterocycles. The number of benzene rings is 2. The number of nitrogens with zero attached hydrogens (tertiary/aromatic N) is 3. The molecule has 0 aliphatic heterocycles. The van der Waals surface area contributed by atoms with Crippen LogP contribution in [0.5, 0.6) is 5.75 Å². The van der Waals surface area contributed by atoms with Gasteiger partial charge in [0.05, 0.1) is 31.4 Å². The molecule has 3 N–H and O–H groups in total. The Morgan fingerprint density at radius 3 is 2.53 bits per heavy atom. The Labute approximate surface area is 200 Å². The van der Waals surface area contributed by atoms with Crippen LogP contribution in [0.15, 0.2) is 53.7 Å². The van der Waals surface area contributed by atoms with E-state index in [9.17, 15) is 14.4 Å². The molecule has 0 unspecified atom stereocenters. The Bertz CT molecular complexity index is 1160. The maximum Gasteiger partial charge on any atom is 0.335 e. The summed E-state index contributed by atoms with van der Waals surface area (Å²) < 4.78 is 6.95. The van der Waals surface area contributed by atoms with E-state index in [0.29, 0.717) is 23.2 Å². The molecule has 0 atom stereocenters. The van der Waals surface area contributed by atoms with Crippen LogP contribution in [0.1, 0.15) is 28.7 Å². The Hall–Kier alpha value is -3.86. The monoisotopic (exact) mass is 483 g/mol. The van der Waals surface area contributed by atoms with E-state index < -0.39 is 5.97 Å². The smallest absolute Gasteiger partial charge is 0.335 e. The normalized spacial score (nSPS) is 10.5. The number of rotatable bonds is 11. The number of aromatic nitrogens is 3. The van der Waals surface area contributed by atoms with Crippen molar-refractivity contribution in [3.63, 3.8) is 0 Å². The molecule has 0 aliphatic carbocycles. The molecule has 10 nitrogen and oxygen atoms in total. The molecule has 0 bridgehead atoms. The van der Waals surface area contributed by atoms with Crippen molar-refractivity contribution in [1.82, 2.24) is 20.1 Å². The highest BCUT2D eigenvalue weighted by Crippen LogP contribution is 2.18. The van der Waals surface area contributed by atoms with Gasteiger partial charge in [0.2, 0.25) is 11.8 Å². The average molecular weight is 484 g/mol. The number of carbonyl (C=O) groups excluding carboxylic acids is 2. The number of methoxy groups -OCH3 is 1. The van der Waals surface area contributed by atoms with Crippen molar-refractivity contribution in [2.24, 2.45) is 0 Å². The summed E-state index contributed by atoms with van der Waals surface area (Å²) >= 11 is 1.21. The second kappa shape index (κ2) is 11.8. The molecule has 0 radical (unpaired) electrons. The SMILES string of the molecule is CCn1c(CNC(=O)Cc2ccc(OC)cc2)nnc1SCC(=O)Nc1cccc(C(=O)O)c1. The zero-order valence-corrected chi connectivity index (χ0v) is 19.6. The van der Waals surface area contributed by atoms with E-state index >= 15 is 0 Å². The molecule has 178 valence electrons. The van der Waals surface area contributed by atoms with Gasteiger partial charge in [-0.3, -0.25) is 9.59 Å². The van der Waals surface area contributed by atoms with Gasteiger partial charge in [-0.1, -0.05) is 30.0 Å². The molecule has 0 saturated carbocycles. The lowest BCUT2D eigenvalue weighted by Gasteiger charge is -2.09. The number of carboxylic acid groups (broad SMARTS) is 1. The zero-order valence-electron chi connectivity index (χ0n) is 18.8. The first-order valence-corrected chi connectivity index (χ1v) is 11.5. The molecule has 1 aromatic heterocycles. The predicted octanol–water partition coefficient (Wildman–Crippen LogP) is 2.59. The summed E-state index contributed by atoms with van der Waals surface area (Å²) in [6.45, 7) is 2.71. The molecule has 2 aromatic carbocycles. The first-order chi connectivity index (χ1) is 16.4. The quantitative estimate of drug-likeness (QED) is 0.354. The minimum Gasteiger partial charge on any atom is -0.497 e. The minimum atomic E-state index is -1.06. The number of amides is 2. The molecule has 0 aliphatic rings. The van der Waals surface area contributed by atoms with E-state index in [1.54, 1.807) is 31.4 Å². The molecular formula is C23H25N5O5S. The van der Waals surface area contributed by atoms with Gasteiger partial charge < -0.3 is 25.0 Å². The molecular weight excluding hydrogens is 458 g/mol. The fourth-order valence-electron chi connectivity index (χ4n) is 3.10. The number of nitrogens with one attached hydrogen (secondary N) is 2. The number of thioether (sulfide) groups is 1. The summed E-state index contributed by atoms with van der Waals surface area (Å²) in [6, 6.07) is 13.3. The van der Waals surface area contributed by atoms with E-state index in [0.717, 1.165) is 11.3 Å². The molecule has 0 saturated heterocycles. The maximum absolute atomic E-state index is 12.3. The van der Waals surface area contributed by atoms with Crippen molar-refractivity contribution in [3.8, 4) is 5.75 Å². The van der Waals surface area contributed by atoms with E-state index in [1.165, 1.54) is 23.9 Å². The molecule has 11 heteroatoms. The second-order valence-corrected chi connectivity index (χ2v) is 8.11. The van der Waals surface area contributed by atoms with Crippen molar-refractivity contribution in [2.75, 3.05) is 18.2 Å². The van der Waals surface area contributed by atoms with Crippen LogP contribution in [0.2, 0.25) is 0 Å². The van der Waals surface area contributed by atoms with Gasteiger partial charge >= 0.3 is 5.97 Å². The number of aromatic carboxylic acids is 1. The summed E-state index contributed by atoms with van der Waals surface area (Å²) in [4.78, 5) is 35.7. The van der Waals surface area contributed by atoms with E-state index in [1.807, 2.05) is 23.6 Å². The van der Waals surface area contributed by atoms with E-state index in [-0.39, 0.29) is 36.1 Å². The van der Waals surface area contributed by atoms with Gasteiger partial charge in [-0.15, -0.1) is 10.2 Å². The van der Waals surface area contributed by atoms with Crippen molar-refractivity contribution in [1.29, 1.82) is 0 Å². The van der Waals surface area contributed by atoms with Crippen molar-refractivity contribution >= 4 is 35.2 Å². The van der Waals surface area contributed by atoms with Crippen LogP contribution in [0.4, 0.5) is 5.69 Å². The molecule has 3 rings (SSSR count). The highest BCUT2D eigenvalue weighted by Gasteiger charge is 2.15. The van der Waals surface area contributed by atoms with Gasteiger partial charge in [0.25, 0.3) is 0 Å². The summed E-state index contributed by atoms with van der Waals surface area (Å²) in [5.41, 5.74) is 1.36. The van der Waals surface area contributed by atoms with Crippen molar-refractivity contribution in [2.45, 2.75) is 31.6 Å². The van der Waals surface area contributed by atoms with Gasteiger partial charge in [0.1, 0.15) is 5.75 Å². The fourth-order valence-corrected chi connectivity index (χ4v) is 3.92. The van der Waals surface area contributed by atoms with Gasteiger partial charge in [-0.25, -0.2) is 4.79 Å². The highest BCUT2D eigenvalue weighted by molar-refractivity contribution is 7.99. The van der Waals surface area contributed by atoms with Gasteiger partial charge in [-0.2, -0.15) is 0 Å². The number of carboxylic acids is 1. The number of hydrogen-bond acceptors (Lipinski definition) is 7. The van der Waals surface area contributed by atoms with Crippen LogP contribution in [0.3, 0.4) is 0 Å². The van der Waals surface area contributed by atoms with Crippen LogP contribution in [-0.2, 0) is 29.1 Å². The van der Waals surface area contributed by atoms with Crippen LogP contribution >= 0.6 is 11.8 Å². The van der Waals surface area contributed by atoms with Crippen LogP contribution in [0.25, 0.3) is 0 Å². The maximum atomic E-state index is 12.3. The minimum absolute atomic E-state index is 0.0687. The first-order valence-electron chi connectivity index (χ1n) is 10.5. The standard InChI is InChI=1S/C23H25N5O5S/c1-3-28-19(13-24-20(29)11-15-7-9-18(33-2)10-8-15)26-27-23(28)34-14-21(30)25-17-6-4-5-16(12-17)22(31)32/h4-10,12H,3,11,13-14H2,1-2H3,(H,24,29)(H,25,30)(H,31,32). The van der Waals surface area contributed by atoms with E-state index in [2.05, 4.69) is 20.8 Å². The fraction of sp³-hybridized carbons (Fsp3) is 0.261. The van der Waals surface area contributed by atoms with Gasteiger partial charge in [0, 0.05) is 12.2 Å². The Balaban J connectivity index is 1.52. The molecule has 0 fully saturated rings. The topological polar surface area (TPSA) is 135 Å². The largest absolute Gasteiger partial charge is 0.497 e. The molecule has 34 heavy (non-hydrogen) atoms. The Kier molecular flexibility index (Phi) is 8.63. The summed E-state index contributed by atoms with van der Waals surface area (Å²) in [5, 5.41) is 23.4. The van der Waals surface area contributed by atoms with E-state index in [4.69, 9.17) is 9.84 Å². The summed E-state index contributed by atoms with van der Waals surface area (Å²) in [6.07, 6.45) is 0.231. The summed E-state index contributed by atoms with van der Waals surface area (Å²) in [5.74, 6) is -0.125. The Morgan fingerprint density at radius 1 is 1.09 bits per heavy atom. The third-order valence-electron chi connectivity index (χ3n) is 4.80.